The van der Waals surface area contributed by atoms with E-state index in [4.69, 9.17) is 4.74 Å². The minimum atomic E-state index is -0.832. The first-order valence-corrected chi connectivity index (χ1v) is 11.7. The van der Waals surface area contributed by atoms with Crippen molar-refractivity contribution in [2.75, 3.05) is 25.6 Å². The Kier molecular flexibility index (Phi) is 13.2. The molecule has 0 fully saturated rings. The summed E-state index contributed by atoms with van der Waals surface area (Å²) in [6.07, 6.45) is 14.1. The number of ether oxygens (including phenoxy) is 1. The van der Waals surface area contributed by atoms with Crippen molar-refractivity contribution in [1.82, 2.24) is 0 Å². The number of hydrogen-bond donors (Lipinski definition) is 0. The predicted octanol–water partition coefficient (Wildman–Crippen LogP) is 3.62. The van der Waals surface area contributed by atoms with E-state index in [-0.39, 0.29) is 17.0 Å². The summed E-state index contributed by atoms with van der Waals surface area (Å²) in [7, 11) is 0.914. The molecular weight excluding hydrogens is 367 g/mol. The Bertz CT molecular complexity index is 369. The van der Waals surface area contributed by atoms with Gasteiger partial charge in [0.05, 0.1) is 31.8 Å². The number of unbranched alkanes of at least 4 members (excludes halogenated alkanes) is 3. The molecule has 1 rings (SSSR count). The Balaban J connectivity index is 0.00000484. The van der Waals surface area contributed by atoms with E-state index in [1.54, 1.807) is 7.11 Å². The van der Waals surface area contributed by atoms with Crippen LogP contribution in [0.1, 0.15) is 64.9 Å². The highest BCUT2D eigenvalue weighted by Crippen LogP contribution is 2.63. The number of rotatable bonds is 12. The Hall–Kier alpha value is -0.0700. The molecule has 0 unspecified atom stereocenters. The van der Waals surface area contributed by atoms with Gasteiger partial charge in [0.1, 0.15) is 5.75 Å². The molecule has 0 aliphatic rings. The monoisotopic (exact) mass is 402 g/mol. The molecule has 0 amide bonds. The molecule has 0 atom stereocenters. The molecule has 0 aromatic heterocycles. The summed E-state index contributed by atoms with van der Waals surface area (Å²) in [5.74, 6) is 0.975. The molecule has 0 aliphatic heterocycles. The van der Waals surface area contributed by atoms with Gasteiger partial charge in [0, 0.05) is 7.26 Å². The number of methoxy groups -OCH3 is 1. The third-order valence-electron chi connectivity index (χ3n) is 4.64. The van der Waals surface area contributed by atoms with Crippen LogP contribution < -0.4 is 21.7 Å². The molecule has 0 heterocycles. The SMILES string of the molecule is CCCC[P+](CCCC)(CCCC)Cc1ccc(OC)cc1.[Br-]. The van der Waals surface area contributed by atoms with Crippen LogP contribution in [0.25, 0.3) is 0 Å². The molecule has 23 heavy (non-hydrogen) atoms. The molecule has 0 aliphatic carbocycles. The Morgan fingerprint density at radius 2 is 1.22 bits per heavy atom. The van der Waals surface area contributed by atoms with E-state index in [1.165, 1.54) is 68.7 Å². The van der Waals surface area contributed by atoms with Gasteiger partial charge in [-0.3, -0.25) is 0 Å². The number of halogens is 1. The van der Waals surface area contributed by atoms with Gasteiger partial charge in [0.2, 0.25) is 0 Å². The van der Waals surface area contributed by atoms with Crippen LogP contribution >= 0.6 is 7.26 Å². The van der Waals surface area contributed by atoms with Crippen molar-refractivity contribution in [3.8, 4) is 5.75 Å². The molecule has 1 nitrogen and oxygen atoms in total. The smallest absolute Gasteiger partial charge is 0.118 e. The van der Waals surface area contributed by atoms with Gasteiger partial charge >= 0.3 is 0 Å². The summed E-state index contributed by atoms with van der Waals surface area (Å²) >= 11 is 0. The maximum atomic E-state index is 5.30. The number of hydrogen-bond acceptors (Lipinski definition) is 1. The van der Waals surface area contributed by atoms with Crippen molar-refractivity contribution >= 4 is 7.26 Å². The number of benzene rings is 1. The van der Waals surface area contributed by atoms with Crippen molar-refractivity contribution < 1.29 is 21.7 Å². The van der Waals surface area contributed by atoms with E-state index < -0.39 is 7.26 Å². The topological polar surface area (TPSA) is 9.23 Å². The van der Waals surface area contributed by atoms with Crippen molar-refractivity contribution in [2.45, 2.75) is 65.5 Å². The lowest BCUT2D eigenvalue weighted by Gasteiger charge is -2.28. The highest BCUT2D eigenvalue weighted by atomic mass is 79.9. The Morgan fingerprint density at radius 3 is 1.57 bits per heavy atom. The third kappa shape index (κ3) is 8.54. The minimum absolute atomic E-state index is 0. The molecule has 134 valence electrons. The molecule has 1 aromatic carbocycles. The van der Waals surface area contributed by atoms with E-state index >= 15 is 0 Å². The van der Waals surface area contributed by atoms with Crippen LogP contribution in [0.3, 0.4) is 0 Å². The van der Waals surface area contributed by atoms with E-state index in [9.17, 15) is 0 Å². The van der Waals surface area contributed by atoms with Gasteiger partial charge in [-0.1, -0.05) is 52.2 Å². The Labute approximate surface area is 155 Å². The molecule has 1 aromatic rings. The van der Waals surface area contributed by atoms with Crippen LogP contribution in [0.15, 0.2) is 24.3 Å². The highest BCUT2D eigenvalue weighted by Gasteiger charge is 2.35. The molecule has 0 N–H and O–H groups in total. The lowest BCUT2D eigenvalue weighted by molar-refractivity contribution is -0.00000526. The van der Waals surface area contributed by atoms with Gasteiger partial charge in [-0.05, 0) is 37.0 Å². The molecule has 0 radical (unpaired) electrons. The maximum Gasteiger partial charge on any atom is 0.118 e. The standard InChI is InChI=1S/C20H36OP.BrH/c1-5-8-15-22(16-9-6-2,17-10-7-3)18-19-11-13-20(21-4)14-12-19;/h11-14H,5-10,15-18H2,1-4H3;1H/q+1;/p-1. The van der Waals surface area contributed by atoms with Gasteiger partial charge in [-0.2, -0.15) is 0 Å². The maximum absolute atomic E-state index is 5.30. The zero-order chi connectivity index (χ0) is 16.3. The quantitative estimate of drug-likeness (QED) is 0.485. The normalized spacial score (nSPS) is 11.1. The molecular formula is C20H36BrOP. The zero-order valence-electron chi connectivity index (χ0n) is 15.6. The minimum Gasteiger partial charge on any atom is -1.00 e. The second kappa shape index (κ2) is 13.2. The second-order valence-electron chi connectivity index (χ2n) is 6.58. The molecule has 0 saturated carbocycles. The molecule has 0 bridgehead atoms. The summed E-state index contributed by atoms with van der Waals surface area (Å²) in [5.41, 5.74) is 1.53. The first-order valence-electron chi connectivity index (χ1n) is 9.17. The lowest BCUT2D eigenvalue weighted by atomic mass is 10.2. The first kappa shape index (κ1) is 22.9. The van der Waals surface area contributed by atoms with E-state index in [1.807, 2.05) is 0 Å². The summed E-state index contributed by atoms with van der Waals surface area (Å²) in [4.78, 5) is 0. The van der Waals surface area contributed by atoms with Crippen molar-refractivity contribution in [3.05, 3.63) is 29.8 Å². The fraction of sp³-hybridized carbons (Fsp3) is 0.700. The molecule has 3 heteroatoms. The summed E-state index contributed by atoms with van der Waals surface area (Å²) in [6.45, 7) is 7.01. The average Bonchev–Trinajstić information content (AvgIpc) is 2.56. The summed E-state index contributed by atoms with van der Waals surface area (Å²) in [5, 5.41) is 0. The first-order chi connectivity index (χ1) is 10.7. The fourth-order valence-electron chi connectivity index (χ4n) is 3.17. The van der Waals surface area contributed by atoms with Gasteiger partial charge in [0.25, 0.3) is 0 Å². The van der Waals surface area contributed by atoms with Crippen LogP contribution in [-0.2, 0) is 6.16 Å². The van der Waals surface area contributed by atoms with Crippen LogP contribution in [0, 0.1) is 0 Å². The van der Waals surface area contributed by atoms with E-state index in [2.05, 4.69) is 45.0 Å². The zero-order valence-corrected chi connectivity index (χ0v) is 18.1. The second-order valence-corrected chi connectivity index (χ2v) is 10.9. The molecule has 0 saturated heterocycles. The largest absolute Gasteiger partial charge is 1.00 e. The van der Waals surface area contributed by atoms with Crippen LogP contribution in [0.4, 0.5) is 0 Å². The van der Waals surface area contributed by atoms with Crippen LogP contribution in [0.5, 0.6) is 5.75 Å². The van der Waals surface area contributed by atoms with Crippen LogP contribution in [-0.4, -0.2) is 25.6 Å². The Morgan fingerprint density at radius 1 is 0.783 bits per heavy atom. The lowest BCUT2D eigenvalue weighted by Crippen LogP contribution is -3.00. The van der Waals surface area contributed by atoms with Gasteiger partial charge in [0.15, 0.2) is 0 Å². The van der Waals surface area contributed by atoms with Gasteiger partial charge in [-0.15, -0.1) is 0 Å². The van der Waals surface area contributed by atoms with Crippen molar-refractivity contribution in [1.29, 1.82) is 0 Å². The van der Waals surface area contributed by atoms with Crippen molar-refractivity contribution in [3.63, 3.8) is 0 Å². The van der Waals surface area contributed by atoms with E-state index in [0.717, 1.165) is 5.75 Å². The van der Waals surface area contributed by atoms with Crippen LogP contribution in [0.2, 0.25) is 0 Å². The fourth-order valence-corrected chi connectivity index (χ4v) is 8.26. The summed E-state index contributed by atoms with van der Waals surface area (Å²) in [6, 6.07) is 8.84. The molecule has 0 spiro atoms. The van der Waals surface area contributed by atoms with Gasteiger partial charge in [-0.25, -0.2) is 0 Å². The highest BCUT2D eigenvalue weighted by molar-refractivity contribution is 7.75. The third-order valence-corrected chi connectivity index (χ3v) is 9.47. The van der Waals surface area contributed by atoms with E-state index in [0.29, 0.717) is 0 Å². The predicted molar refractivity (Wildman–Crippen MR) is 103 cm³/mol. The van der Waals surface area contributed by atoms with Gasteiger partial charge < -0.3 is 21.7 Å². The average molecular weight is 403 g/mol. The summed E-state index contributed by atoms with van der Waals surface area (Å²) < 4.78 is 5.30. The van der Waals surface area contributed by atoms with Crippen molar-refractivity contribution in [2.24, 2.45) is 0 Å².